The van der Waals surface area contributed by atoms with Gasteiger partial charge in [-0.3, -0.25) is 15.0 Å². The molecular weight excluding hydrogens is 301 g/mol. The number of phosphoric acid groups is 1. The molecule has 0 saturated heterocycles. The number of benzene rings is 2. The highest BCUT2D eigenvalue weighted by atomic mass is 31.2. The number of phenols is 1. The normalized spacial score (nSPS) is 13.2. The summed E-state index contributed by atoms with van der Waals surface area (Å²) in [6, 6.07) is 9.77. The van der Waals surface area contributed by atoms with E-state index >= 15 is 0 Å². The van der Waals surface area contributed by atoms with E-state index in [1.54, 1.807) is 0 Å². The van der Waals surface area contributed by atoms with E-state index in [0.29, 0.717) is 0 Å². The molecule has 110 valence electrons. The third-order valence-corrected chi connectivity index (χ3v) is 3.21. The van der Waals surface area contributed by atoms with E-state index in [-0.39, 0.29) is 22.9 Å². The molecule has 0 heterocycles. The minimum absolute atomic E-state index is 0.0218. The van der Waals surface area contributed by atoms with Gasteiger partial charge in [-0.1, -0.05) is 0 Å². The summed E-state index contributed by atoms with van der Waals surface area (Å²) in [6.07, 6.45) is 0. The largest absolute Gasteiger partial charge is 0.584 e. The Kier molecular flexibility index (Phi) is 4.11. The maximum atomic E-state index is 11.8. The predicted molar refractivity (Wildman–Crippen MR) is 72.3 cm³/mol. The number of rotatable bonds is 5. The van der Waals surface area contributed by atoms with Crippen LogP contribution in [0.15, 0.2) is 48.5 Å². The minimum atomic E-state index is -4.44. The Balaban J connectivity index is 2.08. The van der Waals surface area contributed by atoms with Gasteiger partial charge >= 0.3 is 7.82 Å². The molecule has 9 heteroatoms. The van der Waals surface area contributed by atoms with Crippen LogP contribution in [0.25, 0.3) is 0 Å². The fraction of sp³-hybridized carbons (Fsp3) is 0. The van der Waals surface area contributed by atoms with Crippen molar-refractivity contribution in [2.24, 2.45) is 0 Å². The maximum Gasteiger partial charge on any atom is 0.584 e. The summed E-state index contributed by atoms with van der Waals surface area (Å²) in [5.74, 6) is -0.0443. The van der Waals surface area contributed by atoms with E-state index in [2.05, 4.69) is 0 Å². The average Bonchev–Trinajstić information content (AvgIpc) is 2.41. The van der Waals surface area contributed by atoms with Crippen molar-refractivity contribution in [3.05, 3.63) is 58.6 Å². The summed E-state index contributed by atoms with van der Waals surface area (Å²) in [6.45, 7) is 0. The first kappa shape index (κ1) is 14.8. The molecule has 0 fully saturated rings. The molecule has 0 aliphatic heterocycles. The van der Waals surface area contributed by atoms with Gasteiger partial charge in [0, 0.05) is 12.1 Å². The van der Waals surface area contributed by atoms with Gasteiger partial charge < -0.3 is 14.2 Å². The van der Waals surface area contributed by atoms with Crippen LogP contribution in [-0.2, 0) is 4.57 Å². The summed E-state index contributed by atoms with van der Waals surface area (Å²) in [5, 5.41) is 19.6. The van der Waals surface area contributed by atoms with E-state index in [1.165, 1.54) is 36.4 Å². The Morgan fingerprint density at radius 1 is 0.952 bits per heavy atom. The van der Waals surface area contributed by atoms with Crippen molar-refractivity contribution in [1.82, 2.24) is 0 Å². The summed E-state index contributed by atoms with van der Waals surface area (Å²) >= 11 is 0. The first-order chi connectivity index (χ1) is 9.85. The van der Waals surface area contributed by atoms with E-state index in [1.807, 2.05) is 0 Å². The van der Waals surface area contributed by atoms with Gasteiger partial charge in [0.15, 0.2) is 0 Å². The molecule has 1 atom stereocenters. The standard InChI is InChI=1S/C12H10NO7P/c14-10-3-7-12(8-4-10)20-21(17,18)19-11-5-1-9(2-6-11)13(15)16/h1-8,14H,(H,17,18). The Morgan fingerprint density at radius 2 is 1.38 bits per heavy atom. The molecule has 21 heavy (non-hydrogen) atoms. The van der Waals surface area contributed by atoms with Crippen molar-refractivity contribution in [3.63, 3.8) is 0 Å². The summed E-state index contributed by atoms with van der Waals surface area (Å²) in [5.41, 5.74) is -0.172. The average molecular weight is 311 g/mol. The molecule has 0 aliphatic rings. The third kappa shape index (κ3) is 4.20. The van der Waals surface area contributed by atoms with E-state index in [9.17, 15) is 19.6 Å². The molecule has 8 nitrogen and oxygen atoms in total. The highest BCUT2D eigenvalue weighted by Gasteiger charge is 2.25. The molecule has 0 amide bonds. The van der Waals surface area contributed by atoms with Crippen LogP contribution in [-0.4, -0.2) is 14.9 Å². The molecule has 0 aromatic heterocycles. The summed E-state index contributed by atoms with van der Waals surface area (Å²) in [4.78, 5) is 19.5. The number of aromatic hydroxyl groups is 1. The van der Waals surface area contributed by atoms with Crippen molar-refractivity contribution in [2.75, 3.05) is 0 Å². The lowest BCUT2D eigenvalue weighted by atomic mass is 10.3. The van der Waals surface area contributed by atoms with Crippen LogP contribution in [0.4, 0.5) is 5.69 Å². The highest BCUT2D eigenvalue weighted by molar-refractivity contribution is 7.48. The Hall–Kier alpha value is -2.57. The summed E-state index contributed by atoms with van der Waals surface area (Å²) < 4.78 is 21.3. The maximum absolute atomic E-state index is 11.8. The molecule has 0 radical (unpaired) electrons. The SMILES string of the molecule is O=[N+]([O-])c1ccc(OP(=O)(O)Oc2ccc(O)cc2)cc1. The van der Waals surface area contributed by atoms with Gasteiger partial charge in [-0.05, 0) is 36.4 Å². The number of hydrogen-bond donors (Lipinski definition) is 2. The predicted octanol–water partition coefficient (Wildman–Crippen LogP) is 2.86. The lowest BCUT2D eigenvalue weighted by molar-refractivity contribution is -0.384. The van der Waals surface area contributed by atoms with E-state index < -0.39 is 12.7 Å². The lowest BCUT2D eigenvalue weighted by Crippen LogP contribution is -1.99. The van der Waals surface area contributed by atoms with Gasteiger partial charge in [-0.25, -0.2) is 4.57 Å². The molecule has 2 rings (SSSR count). The van der Waals surface area contributed by atoms with Crippen LogP contribution in [0.1, 0.15) is 0 Å². The highest BCUT2D eigenvalue weighted by Crippen LogP contribution is 2.44. The fourth-order valence-electron chi connectivity index (χ4n) is 1.42. The first-order valence-electron chi connectivity index (χ1n) is 5.61. The van der Waals surface area contributed by atoms with Crippen LogP contribution in [0.3, 0.4) is 0 Å². The Bertz CT molecular complexity index is 684. The van der Waals surface area contributed by atoms with Crippen LogP contribution in [0.5, 0.6) is 17.2 Å². The zero-order valence-electron chi connectivity index (χ0n) is 10.4. The molecule has 2 aromatic rings. The Morgan fingerprint density at radius 3 is 1.81 bits per heavy atom. The van der Waals surface area contributed by atoms with Crippen LogP contribution < -0.4 is 9.05 Å². The molecular formula is C12H10NO7P. The quantitative estimate of drug-likeness (QED) is 0.495. The monoisotopic (exact) mass is 311 g/mol. The van der Waals surface area contributed by atoms with Crippen molar-refractivity contribution >= 4 is 13.5 Å². The van der Waals surface area contributed by atoms with Gasteiger partial charge in [0.25, 0.3) is 5.69 Å². The first-order valence-corrected chi connectivity index (χ1v) is 7.11. The second-order valence-electron chi connectivity index (χ2n) is 3.90. The molecule has 0 bridgehead atoms. The zero-order valence-corrected chi connectivity index (χ0v) is 11.3. The number of nitrogens with zero attached hydrogens (tertiary/aromatic N) is 1. The van der Waals surface area contributed by atoms with Crippen molar-refractivity contribution in [1.29, 1.82) is 0 Å². The number of non-ortho nitro benzene ring substituents is 1. The van der Waals surface area contributed by atoms with Gasteiger partial charge in [-0.15, -0.1) is 0 Å². The lowest BCUT2D eigenvalue weighted by Gasteiger charge is -2.13. The number of nitro benzene ring substituents is 1. The third-order valence-electron chi connectivity index (χ3n) is 2.33. The number of nitro groups is 1. The fourth-order valence-corrected chi connectivity index (χ4v) is 2.23. The number of phenolic OH excluding ortho intramolecular Hbond substituents is 1. The van der Waals surface area contributed by atoms with Gasteiger partial charge in [0.2, 0.25) is 0 Å². The van der Waals surface area contributed by atoms with Crippen LogP contribution in [0.2, 0.25) is 0 Å². The molecule has 0 spiro atoms. The van der Waals surface area contributed by atoms with Crippen molar-refractivity contribution in [2.45, 2.75) is 0 Å². The minimum Gasteiger partial charge on any atom is -0.508 e. The van der Waals surface area contributed by atoms with Crippen LogP contribution in [0, 0.1) is 10.1 Å². The molecule has 2 N–H and O–H groups in total. The van der Waals surface area contributed by atoms with Crippen molar-refractivity contribution in [3.8, 4) is 17.2 Å². The molecule has 1 unspecified atom stereocenters. The summed E-state index contributed by atoms with van der Waals surface area (Å²) in [7, 11) is -4.44. The topological polar surface area (TPSA) is 119 Å². The van der Waals surface area contributed by atoms with Crippen molar-refractivity contribution < 1.29 is 28.5 Å². The van der Waals surface area contributed by atoms with Crippen LogP contribution >= 0.6 is 7.82 Å². The van der Waals surface area contributed by atoms with E-state index in [0.717, 1.165) is 12.1 Å². The second kappa shape index (κ2) is 5.82. The zero-order chi connectivity index (χ0) is 15.5. The molecule has 2 aromatic carbocycles. The Labute approximate surface area is 119 Å². The van der Waals surface area contributed by atoms with Gasteiger partial charge in [0.1, 0.15) is 17.2 Å². The van der Waals surface area contributed by atoms with E-state index in [4.69, 9.17) is 14.2 Å². The second-order valence-corrected chi connectivity index (χ2v) is 5.20. The van der Waals surface area contributed by atoms with Gasteiger partial charge in [0.05, 0.1) is 4.92 Å². The molecule has 0 aliphatic carbocycles. The smallest absolute Gasteiger partial charge is 0.508 e. The molecule has 0 saturated carbocycles. The number of phosphoric ester groups is 1. The number of hydrogen-bond acceptors (Lipinski definition) is 6. The van der Waals surface area contributed by atoms with Gasteiger partial charge in [-0.2, -0.15) is 0 Å².